The van der Waals surface area contributed by atoms with E-state index in [1.54, 1.807) is 36.2 Å². The summed E-state index contributed by atoms with van der Waals surface area (Å²) in [6, 6.07) is 5.38. The zero-order valence-electron chi connectivity index (χ0n) is 8.65. The lowest BCUT2D eigenvalue weighted by atomic mass is 10.1. The second-order valence-electron chi connectivity index (χ2n) is 3.55. The molecule has 0 N–H and O–H groups in total. The summed E-state index contributed by atoms with van der Waals surface area (Å²) in [7, 11) is 1.71. The fourth-order valence-corrected chi connectivity index (χ4v) is 1.56. The van der Waals surface area contributed by atoms with Gasteiger partial charge in [-0.05, 0) is 29.8 Å². The van der Waals surface area contributed by atoms with Gasteiger partial charge in [-0.1, -0.05) is 6.08 Å². The maximum atomic E-state index is 11.3. The van der Waals surface area contributed by atoms with Crippen LogP contribution in [0.5, 0.6) is 0 Å². The molecule has 15 heavy (non-hydrogen) atoms. The number of rotatable bonds is 1. The molecule has 0 radical (unpaired) electrons. The summed E-state index contributed by atoms with van der Waals surface area (Å²) in [6.07, 6.45) is 3.32. The van der Waals surface area contributed by atoms with Crippen molar-refractivity contribution in [2.24, 2.45) is 0 Å². The minimum Gasteiger partial charge on any atom is -0.316 e. The number of benzene rings is 1. The van der Waals surface area contributed by atoms with Gasteiger partial charge in [0.25, 0.3) is 0 Å². The van der Waals surface area contributed by atoms with Crippen LogP contribution in [0.4, 0.5) is 5.69 Å². The van der Waals surface area contributed by atoms with Gasteiger partial charge in [0.05, 0.1) is 0 Å². The van der Waals surface area contributed by atoms with Gasteiger partial charge in [-0.25, -0.2) is 0 Å². The Hall–Kier alpha value is -1.90. The number of carbonyl (C=O) groups is 2. The molecule has 0 unspecified atom stereocenters. The molecule has 1 aromatic carbocycles. The smallest absolute Gasteiger partial charge is 0.223 e. The lowest BCUT2D eigenvalue weighted by molar-refractivity contribution is -0.116. The van der Waals surface area contributed by atoms with Crippen LogP contribution in [0.25, 0.3) is 6.08 Å². The molecule has 0 aromatic heterocycles. The number of nitrogens with zero attached hydrogens (tertiary/aromatic N) is 1. The molecular weight excluding hydrogens is 190 g/mol. The van der Waals surface area contributed by atoms with E-state index in [9.17, 15) is 9.59 Å². The summed E-state index contributed by atoms with van der Waals surface area (Å²) in [6.45, 7) is 1.51. The van der Waals surface area contributed by atoms with Crippen LogP contribution < -0.4 is 4.90 Å². The summed E-state index contributed by atoms with van der Waals surface area (Å²) >= 11 is 0. The first-order chi connectivity index (χ1) is 7.09. The summed E-state index contributed by atoms with van der Waals surface area (Å²) in [5.41, 5.74) is 2.39. The van der Waals surface area contributed by atoms with Gasteiger partial charge < -0.3 is 4.90 Å². The minimum absolute atomic E-state index is 0.0248. The van der Waals surface area contributed by atoms with Crippen molar-refractivity contribution in [2.45, 2.75) is 6.92 Å². The molecule has 0 saturated carbocycles. The molecule has 0 aliphatic heterocycles. The van der Waals surface area contributed by atoms with Gasteiger partial charge >= 0.3 is 0 Å². The third kappa shape index (κ3) is 1.56. The van der Waals surface area contributed by atoms with Crippen LogP contribution in [0, 0.1) is 0 Å². The van der Waals surface area contributed by atoms with Gasteiger partial charge in [-0.2, -0.15) is 0 Å². The van der Waals surface area contributed by atoms with Crippen LogP contribution >= 0.6 is 0 Å². The van der Waals surface area contributed by atoms with Crippen molar-refractivity contribution >= 4 is 23.5 Å². The number of amides is 1. The number of carbonyl (C=O) groups excluding carboxylic acids is 2. The molecule has 0 bridgehead atoms. The van der Waals surface area contributed by atoms with Crippen molar-refractivity contribution in [1.29, 1.82) is 0 Å². The largest absolute Gasteiger partial charge is 0.316 e. The third-order valence-electron chi connectivity index (χ3n) is 2.57. The molecule has 1 amide bonds. The SMILES string of the molecule is CC(=O)N(C)c1ccc2c(c1)C=CC2=O. The van der Waals surface area contributed by atoms with Gasteiger partial charge in [0, 0.05) is 25.2 Å². The first kappa shape index (κ1) is 9.65. The highest BCUT2D eigenvalue weighted by molar-refractivity contribution is 6.14. The first-order valence-electron chi connectivity index (χ1n) is 4.70. The van der Waals surface area contributed by atoms with Crippen molar-refractivity contribution in [1.82, 2.24) is 0 Å². The standard InChI is InChI=1S/C12H11NO2/c1-8(14)13(2)10-4-5-11-9(7-10)3-6-12(11)15/h3-7H,1-2H3. The van der Waals surface area contributed by atoms with E-state index < -0.39 is 0 Å². The minimum atomic E-state index is -0.0248. The maximum Gasteiger partial charge on any atom is 0.223 e. The molecule has 0 spiro atoms. The Morgan fingerprint density at radius 1 is 1.27 bits per heavy atom. The molecule has 0 atom stereocenters. The van der Waals surface area contributed by atoms with Crippen molar-refractivity contribution in [3.05, 3.63) is 35.4 Å². The van der Waals surface area contributed by atoms with Crippen molar-refractivity contribution in [3.8, 4) is 0 Å². The highest BCUT2D eigenvalue weighted by Gasteiger charge is 2.15. The van der Waals surface area contributed by atoms with E-state index in [-0.39, 0.29) is 11.7 Å². The number of ketones is 1. The quantitative estimate of drug-likeness (QED) is 0.695. The summed E-state index contributed by atoms with van der Waals surface area (Å²) in [4.78, 5) is 24.0. The van der Waals surface area contributed by atoms with Crippen molar-refractivity contribution in [2.75, 3.05) is 11.9 Å². The van der Waals surface area contributed by atoms with Gasteiger partial charge in [-0.15, -0.1) is 0 Å². The summed E-state index contributed by atoms with van der Waals surface area (Å²) in [5.74, 6) is 0.00489. The Morgan fingerprint density at radius 2 is 2.00 bits per heavy atom. The van der Waals surface area contributed by atoms with Gasteiger partial charge in [0.1, 0.15) is 0 Å². The van der Waals surface area contributed by atoms with E-state index in [1.165, 1.54) is 6.92 Å². The van der Waals surface area contributed by atoms with Crippen LogP contribution in [0.2, 0.25) is 0 Å². The zero-order valence-corrected chi connectivity index (χ0v) is 8.65. The van der Waals surface area contributed by atoms with Crippen LogP contribution in [0.15, 0.2) is 24.3 Å². The lowest BCUT2D eigenvalue weighted by Gasteiger charge is -2.15. The molecule has 2 rings (SSSR count). The fourth-order valence-electron chi connectivity index (χ4n) is 1.56. The Bertz CT molecular complexity index is 475. The van der Waals surface area contributed by atoms with Crippen LogP contribution in [0.1, 0.15) is 22.8 Å². The Morgan fingerprint density at radius 3 is 2.67 bits per heavy atom. The average molecular weight is 201 g/mol. The topological polar surface area (TPSA) is 37.4 Å². The molecule has 1 aromatic rings. The Balaban J connectivity index is 2.43. The van der Waals surface area contributed by atoms with E-state index in [1.807, 2.05) is 6.07 Å². The number of allylic oxidation sites excluding steroid dienone is 1. The number of hydrogen-bond acceptors (Lipinski definition) is 2. The predicted octanol–water partition coefficient (Wildman–Crippen LogP) is 1.88. The normalized spacial score (nSPS) is 12.8. The second-order valence-corrected chi connectivity index (χ2v) is 3.55. The monoisotopic (exact) mass is 201 g/mol. The number of hydrogen-bond donors (Lipinski definition) is 0. The number of anilines is 1. The van der Waals surface area contributed by atoms with Crippen LogP contribution in [-0.4, -0.2) is 18.7 Å². The van der Waals surface area contributed by atoms with Crippen LogP contribution in [0.3, 0.4) is 0 Å². The van der Waals surface area contributed by atoms with Gasteiger partial charge in [-0.3, -0.25) is 9.59 Å². The Kier molecular flexibility index (Phi) is 2.15. The predicted molar refractivity (Wildman–Crippen MR) is 58.9 cm³/mol. The third-order valence-corrected chi connectivity index (χ3v) is 2.57. The average Bonchev–Trinajstić information content (AvgIpc) is 2.59. The molecule has 0 saturated heterocycles. The van der Waals surface area contributed by atoms with Crippen molar-refractivity contribution < 1.29 is 9.59 Å². The number of fused-ring (bicyclic) bond motifs is 1. The summed E-state index contributed by atoms with van der Waals surface area (Å²) < 4.78 is 0. The van der Waals surface area contributed by atoms with Gasteiger partial charge in [0.15, 0.2) is 5.78 Å². The van der Waals surface area contributed by atoms with E-state index in [4.69, 9.17) is 0 Å². The molecule has 76 valence electrons. The highest BCUT2D eigenvalue weighted by atomic mass is 16.2. The molecule has 1 aliphatic rings. The molecule has 1 aliphatic carbocycles. The Labute approximate surface area is 88.0 Å². The van der Waals surface area contributed by atoms with E-state index in [2.05, 4.69) is 0 Å². The fraction of sp³-hybridized carbons (Fsp3) is 0.167. The lowest BCUT2D eigenvalue weighted by Crippen LogP contribution is -2.22. The molecule has 3 heteroatoms. The molecule has 3 nitrogen and oxygen atoms in total. The molecule has 0 heterocycles. The highest BCUT2D eigenvalue weighted by Crippen LogP contribution is 2.24. The summed E-state index contributed by atoms with van der Waals surface area (Å²) in [5, 5.41) is 0. The van der Waals surface area contributed by atoms with Crippen LogP contribution in [-0.2, 0) is 4.79 Å². The van der Waals surface area contributed by atoms with Gasteiger partial charge in [0.2, 0.25) is 5.91 Å². The first-order valence-corrected chi connectivity index (χ1v) is 4.70. The zero-order chi connectivity index (χ0) is 11.0. The van der Waals surface area contributed by atoms with E-state index >= 15 is 0 Å². The van der Waals surface area contributed by atoms with E-state index in [0.717, 1.165) is 11.3 Å². The second kappa shape index (κ2) is 3.35. The van der Waals surface area contributed by atoms with Crippen molar-refractivity contribution in [3.63, 3.8) is 0 Å². The molecule has 0 fully saturated rings. The molecular formula is C12H11NO2. The van der Waals surface area contributed by atoms with E-state index in [0.29, 0.717) is 5.56 Å². The maximum absolute atomic E-state index is 11.3.